The topological polar surface area (TPSA) is 104 Å². The molecular weight excluding hydrogens is 404 g/mol. The number of fused-ring (bicyclic) bond motifs is 1. The number of carbonyl (C=O) groups excluding carboxylic acids is 2. The molecule has 0 saturated carbocycles. The fraction of sp³-hybridized carbons (Fsp3) is 0.273. The Morgan fingerprint density at radius 3 is 2.77 bits per heavy atom. The molecule has 0 radical (unpaired) electrons. The van der Waals surface area contributed by atoms with Gasteiger partial charge >= 0.3 is 0 Å². The number of nitrogens with one attached hydrogen (secondary N) is 3. The first-order valence-corrected chi connectivity index (χ1v) is 10.2. The van der Waals surface area contributed by atoms with Crippen LogP contribution in [0.2, 0.25) is 5.02 Å². The Kier molecular flexibility index (Phi) is 7.19. The third kappa shape index (κ3) is 5.45. The Bertz CT molecular complexity index is 1130. The molecule has 3 N–H and O–H groups in total. The highest BCUT2D eigenvalue weighted by Crippen LogP contribution is 2.21. The van der Waals surface area contributed by atoms with Crippen LogP contribution in [-0.4, -0.2) is 28.3 Å². The maximum absolute atomic E-state index is 12.4. The number of aromatic nitrogens is 2. The number of hydrogen-bond donors (Lipinski definition) is 3. The van der Waals surface area contributed by atoms with Gasteiger partial charge in [0, 0.05) is 24.4 Å². The van der Waals surface area contributed by atoms with Gasteiger partial charge in [0.2, 0.25) is 5.91 Å². The van der Waals surface area contributed by atoms with Crippen molar-refractivity contribution >= 4 is 40.0 Å². The third-order valence-corrected chi connectivity index (χ3v) is 4.75. The minimum absolute atomic E-state index is 0.193. The van der Waals surface area contributed by atoms with Crippen LogP contribution in [0.3, 0.4) is 0 Å². The van der Waals surface area contributed by atoms with Crippen LogP contribution in [0.5, 0.6) is 0 Å². The fourth-order valence-corrected chi connectivity index (χ4v) is 3.21. The van der Waals surface area contributed by atoms with Crippen LogP contribution in [-0.2, 0) is 11.2 Å². The van der Waals surface area contributed by atoms with Gasteiger partial charge < -0.3 is 15.6 Å². The molecule has 0 bridgehead atoms. The average molecular weight is 427 g/mol. The smallest absolute Gasteiger partial charge is 0.258 e. The third-order valence-electron chi connectivity index (χ3n) is 4.52. The molecular formula is C22H23ClN4O3. The largest absolute Gasteiger partial charge is 0.352 e. The molecule has 0 saturated heterocycles. The van der Waals surface area contributed by atoms with E-state index in [-0.39, 0.29) is 23.8 Å². The van der Waals surface area contributed by atoms with Crippen LogP contribution < -0.4 is 16.2 Å². The number of carbonyl (C=O) groups is 2. The second-order valence-electron chi connectivity index (χ2n) is 6.88. The maximum Gasteiger partial charge on any atom is 0.258 e. The first-order chi connectivity index (χ1) is 14.5. The number of amides is 2. The highest BCUT2D eigenvalue weighted by Gasteiger charge is 2.14. The van der Waals surface area contributed by atoms with Gasteiger partial charge in [-0.05, 0) is 43.2 Å². The van der Waals surface area contributed by atoms with Crippen LogP contribution in [0.1, 0.15) is 42.4 Å². The van der Waals surface area contributed by atoms with E-state index in [1.54, 1.807) is 36.4 Å². The van der Waals surface area contributed by atoms with Crippen molar-refractivity contribution in [1.29, 1.82) is 0 Å². The molecule has 0 unspecified atom stereocenters. The summed E-state index contributed by atoms with van der Waals surface area (Å²) in [6, 6.07) is 11.9. The summed E-state index contributed by atoms with van der Waals surface area (Å²) in [5.41, 5.74) is 1.17. The van der Waals surface area contributed by atoms with Crippen molar-refractivity contribution in [2.75, 3.05) is 11.9 Å². The molecule has 0 aliphatic carbocycles. The van der Waals surface area contributed by atoms with Crippen LogP contribution in [0.15, 0.2) is 47.3 Å². The molecule has 0 fully saturated rings. The van der Waals surface area contributed by atoms with E-state index in [1.165, 1.54) is 0 Å². The van der Waals surface area contributed by atoms with E-state index in [0.29, 0.717) is 52.4 Å². The monoisotopic (exact) mass is 426 g/mol. The van der Waals surface area contributed by atoms with Crippen LogP contribution >= 0.6 is 11.6 Å². The highest BCUT2D eigenvalue weighted by atomic mass is 35.5. The molecule has 3 aromatic rings. The van der Waals surface area contributed by atoms with Gasteiger partial charge in [-0.2, -0.15) is 0 Å². The van der Waals surface area contributed by atoms with Crippen molar-refractivity contribution in [1.82, 2.24) is 15.3 Å². The molecule has 0 aliphatic heterocycles. The van der Waals surface area contributed by atoms with Gasteiger partial charge in [0.05, 0.1) is 22.2 Å². The first-order valence-electron chi connectivity index (χ1n) is 9.83. The molecule has 0 aliphatic rings. The average Bonchev–Trinajstić information content (AvgIpc) is 2.72. The van der Waals surface area contributed by atoms with Crippen molar-refractivity contribution < 1.29 is 9.59 Å². The van der Waals surface area contributed by atoms with Gasteiger partial charge in [-0.3, -0.25) is 14.4 Å². The lowest BCUT2D eigenvalue weighted by molar-refractivity contribution is -0.116. The number of rotatable bonds is 8. The molecule has 7 nitrogen and oxygen atoms in total. The van der Waals surface area contributed by atoms with E-state index < -0.39 is 0 Å². The molecule has 2 amide bonds. The first kappa shape index (κ1) is 21.5. The zero-order valence-electron chi connectivity index (χ0n) is 16.6. The van der Waals surface area contributed by atoms with E-state index in [4.69, 9.17) is 11.6 Å². The standard InChI is InChI=1S/C22H23ClN4O3/c1-2-12-24-21(29)16-11-10-14(23)13-18(16)26-20(28)9-5-8-19-25-17-7-4-3-6-15(17)22(30)27-19/h3-4,6-7,10-11,13H,2,5,8-9,12H2,1H3,(H,24,29)(H,26,28)(H,25,27,30). The summed E-state index contributed by atoms with van der Waals surface area (Å²) in [7, 11) is 0. The Hall–Kier alpha value is -3.19. The second-order valence-corrected chi connectivity index (χ2v) is 7.31. The van der Waals surface area contributed by atoms with Crippen LogP contribution in [0.4, 0.5) is 5.69 Å². The maximum atomic E-state index is 12.4. The number of halogens is 1. The minimum atomic E-state index is -0.262. The number of aromatic amines is 1. The van der Waals surface area contributed by atoms with E-state index in [0.717, 1.165) is 6.42 Å². The predicted octanol–water partition coefficient (Wildman–Crippen LogP) is 3.68. The number of H-pyrrole nitrogens is 1. The molecule has 8 heteroatoms. The summed E-state index contributed by atoms with van der Waals surface area (Å²) in [5.74, 6) is 0.0283. The lowest BCUT2D eigenvalue weighted by atomic mass is 10.1. The number of hydrogen-bond acceptors (Lipinski definition) is 4. The molecule has 0 atom stereocenters. The molecule has 30 heavy (non-hydrogen) atoms. The SMILES string of the molecule is CCCNC(=O)c1ccc(Cl)cc1NC(=O)CCCc1nc2ccccc2c(=O)[nH]1. The Morgan fingerprint density at radius 1 is 1.17 bits per heavy atom. The Balaban J connectivity index is 1.62. The highest BCUT2D eigenvalue weighted by molar-refractivity contribution is 6.31. The van der Waals surface area contributed by atoms with Gasteiger partial charge in [0.15, 0.2) is 0 Å². The van der Waals surface area contributed by atoms with E-state index >= 15 is 0 Å². The van der Waals surface area contributed by atoms with Gasteiger partial charge in [0.25, 0.3) is 11.5 Å². The number of para-hydroxylation sites is 1. The van der Waals surface area contributed by atoms with Gasteiger partial charge in [0.1, 0.15) is 5.82 Å². The van der Waals surface area contributed by atoms with Crippen molar-refractivity contribution in [3.8, 4) is 0 Å². The number of aryl methyl sites for hydroxylation is 1. The van der Waals surface area contributed by atoms with E-state index in [9.17, 15) is 14.4 Å². The molecule has 2 aromatic carbocycles. The summed E-state index contributed by atoms with van der Waals surface area (Å²) < 4.78 is 0. The zero-order chi connectivity index (χ0) is 21.5. The van der Waals surface area contributed by atoms with Crippen molar-refractivity contribution in [3.63, 3.8) is 0 Å². The quantitative estimate of drug-likeness (QED) is 0.511. The summed E-state index contributed by atoms with van der Waals surface area (Å²) in [5, 5.41) is 6.51. The van der Waals surface area contributed by atoms with Crippen molar-refractivity contribution in [2.24, 2.45) is 0 Å². The number of anilines is 1. The van der Waals surface area contributed by atoms with Crippen molar-refractivity contribution in [3.05, 3.63) is 69.2 Å². The number of benzene rings is 2. The van der Waals surface area contributed by atoms with E-state index in [1.807, 2.05) is 13.0 Å². The normalized spacial score (nSPS) is 10.7. The Morgan fingerprint density at radius 2 is 1.97 bits per heavy atom. The van der Waals surface area contributed by atoms with Crippen LogP contribution in [0, 0.1) is 0 Å². The van der Waals surface area contributed by atoms with Gasteiger partial charge in [-0.25, -0.2) is 4.98 Å². The second kappa shape index (κ2) is 10.0. The minimum Gasteiger partial charge on any atom is -0.352 e. The summed E-state index contributed by atoms with van der Waals surface area (Å²) in [6.45, 7) is 2.51. The lowest BCUT2D eigenvalue weighted by Gasteiger charge is -2.12. The Labute approximate surface area is 178 Å². The molecule has 1 heterocycles. The van der Waals surface area contributed by atoms with Gasteiger partial charge in [-0.15, -0.1) is 0 Å². The predicted molar refractivity (Wildman–Crippen MR) is 118 cm³/mol. The summed E-state index contributed by atoms with van der Waals surface area (Å²) in [6.07, 6.45) is 1.96. The molecule has 156 valence electrons. The molecule has 1 aromatic heterocycles. The summed E-state index contributed by atoms with van der Waals surface area (Å²) in [4.78, 5) is 44.0. The molecule has 3 rings (SSSR count). The molecule has 0 spiro atoms. The zero-order valence-corrected chi connectivity index (χ0v) is 17.4. The fourth-order valence-electron chi connectivity index (χ4n) is 3.03. The van der Waals surface area contributed by atoms with Gasteiger partial charge in [-0.1, -0.05) is 30.7 Å². The lowest BCUT2D eigenvalue weighted by Crippen LogP contribution is -2.25. The van der Waals surface area contributed by atoms with Crippen LogP contribution in [0.25, 0.3) is 10.9 Å². The summed E-state index contributed by atoms with van der Waals surface area (Å²) >= 11 is 6.03. The number of nitrogens with zero attached hydrogens (tertiary/aromatic N) is 1. The van der Waals surface area contributed by atoms with E-state index in [2.05, 4.69) is 20.6 Å². The van der Waals surface area contributed by atoms with Crippen molar-refractivity contribution in [2.45, 2.75) is 32.6 Å².